The molecule has 1 aromatic heterocycles. The zero-order valence-corrected chi connectivity index (χ0v) is 13.3. The standard InChI is InChI=1S/C15H16N4O6/c20-13(16-8-14(21)17-5-1-2-6-17)9-18-11-4-3-10(19(23)24)7-12(11)25-15(18)22/h3-4,7H,1-2,5-6,8-9H2,(H,16,20). The molecule has 1 aromatic carbocycles. The van der Waals surface area contributed by atoms with E-state index >= 15 is 0 Å². The van der Waals surface area contributed by atoms with Crippen molar-refractivity contribution in [1.29, 1.82) is 0 Å². The predicted molar refractivity (Wildman–Crippen MR) is 86.0 cm³/mol. The summed E-state index contributed by atoms with van der Waals surface area (Å²) in [4.78, 5) is 47.6. The Hall–Kier alpha value is -3.17. The van der Waals surface area contributed by atoms with Crippen molar-refractivity contribution in [3.8, 4) is 0 Å². The van der Waals surface area contributed by atoms with Crippen LogP contribution in [0.2, 0.25) is 0 Å². The Kier molecular flexibility index (Phi) is 4.50. The number of oxazole rings is 1. The molecule has 1 N–H and O–H groups in total. The molecule has 2 heterocycles. The van der Waals surface area contributed by atoms with E-state index < -0.39 is 16.6 Å². The average Bonchev–Trinajstić information content (AvgIpc) is 3.21. The van der Waals surface area contributed by atoms with Crippen LogP contribution in [0.1, 0.15) is 12.8 Å². The number of hydrogen-bond donors (Lipinski definition) is 1. The highest BCUT2D eigenvalue weighted by Gasteiger charge is 2.19. The maximum absolute atomic E-state index is 12.0. The zero-order chi connectivity index (χ0) is 18.0. The van der Waals surface area contributed by atoms with Gasteiger partial charge in [-0.05, 0) is 18.9 Å². The number of nitro benzene ring substituents is 1. The maximum atomic E-state index is 12.0. The molecule has 0 spiro atoms. The number of carbonyl (C=O) groups is 2. The Bertz CT molecular complexity index is 893. The molecule has 0 bridgehead atoms. The summed E-state index contributed by atoms with van der Waals surface area (Å²) in [7, 11) is 0. The van der Waals surface area contributed by atoms with E-state index in [4.69, 9.17) is 4.42 Å². The summed E-state index contributed by atoms with van der Waals surface area (Å²) in [5.41, 5.74) is 0.0887. The van der Waals surface area contributed by atoms with Gasteiger partial charge in [0.15, 0.2) is 5.58 Å². The largest absolute Gasteiger partial charge is 0.420 e. The third-order valence-electron chi connectivity index (χ3n) is 4.06. The molecule has 25 heavy (non-hydrogen) atoms. The first-order valence-electron chi connectivity index (χ1n) is 7.78. The number of amides is 2. The van der Waals surface area contributed by atoms with Gasteiger partial charge in [0.25, 0.3) is 5.69 Å². The van der Waals surface area contributed by atoms with Crippen molar-refractivity contribution in [2.24, 2.45) is 0 Å². The van der Waals surface area contributed by atoms with Crippen LogP contribution in [0.15, 0.2) is 27.4 Å². The normalized spacial score (nSPS) is 14.0. The number of nitrogens with zero attached hydrogens (tertiary/aromatic N) is 3. The van der Waals surface area contributed by atoms with Crippen LogP contribution in [0, 0.1) is 10.1 Å². The van der Waals surface area contributed by atoms with Gasteiger partial charge >= 0.3 is 5.76 Å². The molecule has 10 nitrogen and oxygen atoms in total. The number of aromatic nitrogens is 1. The van der Waals surface area contributed by atoms with Gasteiger partial charge < -0.3 is 14.6 Å². The minimum atomic E-state index is -0.795. The maximum Gasteiger partial charge on any atom is 0.420 e. The summed E-state index contributed by atoms with van der Waals surface area (Å²) >= 11 is 0. The van der Waals surface area contributed by atoms with Gasteiger partial charge in [0.2, 0.25) is 11.8 Å². The van der Waals surface area contributed by atoms with E-state index in [0.29, 0.717) is 13.1 Å². The number of non-ortho nitro benzene ring substituents is 1. The lowest BCUT2D eigenvalue weighted by molar-refractivity contribution is -0.384. The van der Waals surface area contributed by atoms with Crippen LogP contribution in [-0.2, 0) is 16.1 Å². The van der Waals surface area contributed by atoms with Gasteiger partial charge in [-0.15, -0.1) is 0 Å². The van der Waals surface area contributed by atoms with Crippen molar-refractivity contribution >= 4 is 28.6 Å². The van der Waals surface area contributed by atoms with Crippen molar-refractivity contribution in [3.05, 3.63) is 38.9 Å². The number of likely N-dealkylation sites (tertiary alicyclic amines) is 1. The number of rotatable bonds is 5. The SMILES string of the molecule is O=C(Cn1c(=O)oc2cc([N+](=O)[O-])ccc21)NCC(=O)N1CCCC1. The van der Waals surface area contributed by atoms with Gasteiger partial charge in [0, 0.05) is 19.2 Å². The zero-order valence-electron chi connectivity index (χ0n) is 13.3. The Morgan fingerprint density at radius 1 is 1.28 bits per heavy atom. The van der Waals surface area contributed by atoms with Gasteiger partial charge in [0.05, 0.1) is 23.1 Å². The Labute approximate surface area is 141 Å². The van der Waals surface area contributed by atoms with Crippen molar-refractivity contribution in [1.82, 2.24) is 14.8 Å². The Morgan fingerprint density at radius 3 is 2.68 bits per heavy atom. The molecule has 0 saturated carbocycles. The molecule has 3 rings (SSSR count). The molecule has 1 aliphatic rings. The lowest BCUT2D eigenvalue weighted by atomic mass is 10.3. The highest BCUT2D eigenvalue weighted by Crippen LogP contribution is 2.19. The second-order valence-electron chi connectivity index (χ2n) is 5.73. The number of carbonyl (C=O) groups excluding carboxylic acids is 2. The Balaban J connectivity index is 1.68. The molecule has 2 aromatic rings. The lowest BCUT2D eigenvalue weighted by Gasteiger charge is -2.15. The van der Waals surface area contributed by atoms with E-state index in [9.17, 15) is 24.5 Å². The Morgan fingerprint density at radius 2 is 2.00 bits per heavy atom. The molecule has 0 atom stereocenters. The number of nitrogens with one attached hydrogen (secondary N) is 1. The molecule has 1 saturated heterocycles. The van der Waals surface area contributed by atoms with E-state index in [1.807, 2.05) is 0 Å². The summed E-state index contributed by atoms with van der Waals surface area (Å²) < 4.78 is 6.01. The molecular weight excluding hydrogens is 332 g/mol. The van der Waals surface area contributed by atoms with Crippen LogP contribution in [0.25, 0.3) is 11.1 Å². The van der Waals surface area contributed by atoms with E-state index in [-0.39, 0.29) is 35.8 Å². The summed E-state index contributed by atoms with van der Waals surface area (Å²) in [6.07, 6.45) is 1.92. The molecule has 0 radical (unpaired) electrons. The number of benzene rings is 1. The fraction of sp³-hybridized carbons (Fsp3) is 0.400. The summed E-state index contributed by atoms with van der Waals surface area (Å²) in [6.45, 7) is 0.921. The molecule has 0 unspecified atom stereocenters. The van der Waals surface area contributed by atoms with Gasteiger partial charge in [-0.1, -0.05) is 0 Å². The van der Waals surface area contributed by atoms with Crippen LogP contribution in [0.3, 0.4) is 0 Å². The smallest absolute Gasteiger partial charge is 0.407 e. The minimum Gasteiger partial charge on any atom is -0.407 e. The van der Waals surface area contributed by atoms with E-state index in [1.54, 1.807) is 4.90 Å². The molecule has 10 heteroatoms. The van der Waals surface area contributed by atoms with Crippen molar-refractivity contribution in [3.63, 3.8) is 0 Å². The summed E-state index contributed by atoms with van der Waals surface area (Å²) in [5.74, 6) is -1.47. The highest BCUT2D eigenvalue weighted by atomic mass is 16.6. The second-order valence-corrected chi connectivity index (χ2v) is 5.73. The number of nitro groups is 1. The van der Waals surface area contributed by atoms with Crippen molar-refractivity contribution in [2.45, 2.75) is 19.4 Å². The first-order valence-corrected chi connectivity index (χ1v) is 7.78. The van der Waals surface area contributed by atoms with Crippen LogP contribution in [0.5, 0.6) is 0 Å². The monoisotopic (exact) mass is 348 g/mol. The molecule has 2 amide bonds. The third kappa shape index (κ3) is 3.52. The molecule has 0 aliphatic carbocycles. The number of hydrogen-bond acceptors (Lipinski definition) is 6. The fourth-order valence-corrected chi connectivity index (χ4v) is 2.77. The van der Waals surface area contributed by atoms with Crippen LogP contribution < -0.4 is 11.1 Å². The predicted octanol–water partition coefficient (Wildman–Crippen LogP) is 0.241. The van der Waals surface area contributed by atoms with E-state index in [0.717, 1.165) is 23.5 Å². The van der Waals surface area contributed by atoms with Gasteiger partial charge in [0.1, 0.15) is 6.54 Å². The molecule has 1 aliphatic heterocycles. The summed E-state index contributed by atoms with van der Waals surface area (Å²) in [5, 5.41) is 13.2. The van der Waals surface area contributed by atoms with Crippen LogP contribution in [-0.4, -0.2) is 45.8 Å². The molecule has 132 valence electrons. The third-order valence-corrected chi connectivity index (χ3v) is 4.06. The number of fused-ring (bicyclic) bond motifs is 1. The van der Waals surface area contributed by atoms with E-state index in [1.165, 1.54) is 12.1 Å². The topological polar surface area (TPSA) is 128 Å². The van der Waals surface area contributed by atoms with Gasteiger partial charge in [-0.2, -0.15) is 0 Å². The first kappa shape index (κ1) is 16.7. The highest BCUT2D eigenvalue weighted by molar-refractivity contribution is 5.85. The molecular formula is C15H16N4O6. The van der Waals surface area contributed by atoms with E-state index in [2.05, 4.69) is 5.32 Å². The average molecular weight is 348 g/mol. The van der Waals surface area contributed by atoms with Crippen molar-refractivity contribution in [2.75, 3.05) is 19.6 Å². The van der Waals surface area contributed by atoms with Crippen LogP contribution in [0.4, 0.5) is 5.69 Å². The van der Waals surface area contributed by atoms with Crippen LogP contribution >= 0.6 is 0 Å². The minimum absolute atomic E-state index is 0.0279. The van der Waals surface area contributed by atoms with Gasteiger partial charge in [-0.25, -0.2) is 4.79 Å². The molecule has 1 fully saturated rings. The summed E-state index contributed by atoms with van der Waals surface area (Å²) in [6, 6.07) is 3.70. The quantitative estimate of drug-likeness (QED) is 0.609. The van der Waals surface area contributed by atoms with Crippen molar-refractivity contribution < 1.29 is 18.9 Å². The van der Waals surface area contributed by atoms with Gasteiger partial charge in [-0.3, -0.25) is 24.3 Å². The lowest BCUT2D eigenvalue weighted by Crippen LogP contribution is -2.40. The second kappa shape index (κ2) is 6.75. The fourth-order valence-electron chi connectivity index (χ4n) is 2.77. The first-order chi connectivity index (χ1) is 12.0.